The summed E-state index contributed by atoms with van der Waals surface area (Å²) >= 11 is 0. The van der Waals surface area contributed by atoms with Crippen LogP contribution in [0.4, 0.5) is 23.0 Å². The first-order valence-corrected chi connectivity index (χ1v) is 7.43. The minimum absolute atomic E-state index is 0.187. The van der Waals surface area contributed by atoms with Gasteiger partial charge >= 0.3 is 11.9 Å². The second-order valence-corrected chi connectivity index (χ2v) is 4.92. The zero-order valence-corrected chi connectivity index (χ0v) is 14.1. The van der Waals surface area contributed by atoms with Gasteiger partial charge in [0.1, 0.15) is 12.0 Å². The SMILES string of the molecule is CCNc1ncnc(Nc2cc(C(=O)OC)cc(C(=O)OC)c2)c1N. The Morgan fingerprint density at radius 1 is 1.04 bits per heavy atom. The normalized spacial score (nSPS) is 10.0. The predicted molar refractivity (Wildman–Crippen MR) is 93.0 cm³/mol. The number of hydrogen-bond donors (Lipinski definition) is 3. The van der Waals surface area contributed by atoms with Gasteiger partial charge in [0.15, 0.2) is 11.6 Å². The molecule has 1 aromatic carbocycles. The van der Waals surface area contributed by atoms with E-state index in [0.29, 0.717) is 29.6 Å². The average molecular weight is 345 g/mol. The predicted octanol–water partition coefficient (Wildman–Crippen LogP) is 1.81. The molecule has 0 bridgehead atoms. The van der Waals surface area contributed by atoms with Crippen LogP contribution in [0.25, 0.3) is 0 Å². The summed E-state index contributed by atoms with van der Waals surface area (Å²) in [6, 6.07) is 4.43. The topological polar surface area (TPSA) is 128 Å². The van der Waals surface area contributed by atoms with Crippen molar-refractivity contribution in [1.29, 1.82) is 0 Å². The maximum Gasteiger partial charge on any atom is 0.337 e. The van der Waals surface area contributed by atoms with Crippen molar-refractivity contribution in [2.45, 2.75) is 6.92 Å². The van der Waals surface area contributed by atoms with Crippen LogP contribution < -0.4 is 16.4 Å². The molecule has 0 aliphatic rings. The molecule has 2 aromatic rings. The molecule has 25 heavy (non-hydrogen) atoms. The number of carbonyl (C=O) groups is 2. The van der Waals surface area contributed by atoms with Crippen LogP contribution >= 0.6 is 0 Å². The van der Waals surface area contributed by atoms with Gasteiger partial charge in [0.25, 0.3) is 0 Å². The highest BCUT2D eigenvalue weighted by molar-refractivity contribution is 5.97. The monoisotopic (exact) mass is 345 g/mol. The number of hydrogen-bond acceptors (Lipinski definition) is 9. The number of methoxy groups -OCH3 is 2. The van der Waals surface area contributed by atoms with E-state index in [2.05, 4.69) is 20.6 Å². The van der Waals surface area contributed by atoms with Gasteiger partial charge in [-0.3, -0.25) is 0 Å². The van der Waals surface area contributed by atoms with Gasteiger partial charge in [0.05, 0.1) is 25.3 Å². The van der Waals surface area contributed by atoms with Gasteiger partial charge in [0.2, 0.25) is 0 Å². The lowest BCUT2D eigenvalue weighted by Crippen LogP contribution is -2.10. The Kier molecular flexibility index (Phi) is 5.72. The third-order valence-corrected chi connectivity index (χ3v) is 3.27. The molecule has 4 N–H and O–H groups in total. The fourth-order valence-electron chi connectivity index (χ4n) is 2.11. The molecular formula is C16H19N5O4. The highest BCUT2D eigenvalue weighted by atomic mass is 16.5. The van der Waals surface area contributed by atoms with Crippen LogP contribution in [-0.2, 0) is 9.47 Å². The lowest BCUT2D eigenvalue weighted by atomic mass is 10.1. The van der Waals surface area contributed by atoms with Crippen molar-refractivity contribution < 1.29 is 19.1 Å². The largest absolute Gasteiger partial charge is 0.465 e. The molecule has 0 amide bonds. The second-order valence-electron chi connectivity index (χ2n) is 4.92. The summed E-state index contributed by atoms with van der Waals surface area (Å²) in [5.41, 5.74) is 7.15. The smallest absolute Gasteiger partial charge is 0.337 e. The summed E-state index contributed by atoms with van der Waals surface area (Å²) in [5, 5.41) is 5.99. The fraction of sp³-hybridized carbons (Fsp3) is 0.250. The molecule has 132 valence electrons. The fourth-order valence-corrected chi connectivity index (χ4v) is 2.11. The molecular weight excluding hydrogens is 326 g/mol. The minimum Gasteiger partial charge on any atom is -0.465 e. The number of aromatic nitrogens is 2. The summed E-state index contributed by atoms with van der Waals surface area (Å²) in [7, 11) is 2.51. The Hall–Kier alpha value is -3.36. The van der Waals surface area contributed by atoms with E-state index < -0.39 is 11.9 Å². The zero-order valence-electron chi connectivity index (χ0n) is 14.1. The molecule has 9 nitrogen and oxygen atoms in total. The number of benzene rings is 1. The Morgan fingerprint density at radius 3 is 2.12 bits per heavy atom. The van der Waals surface area contributed by atoms with Crippen molar-refractivity contribution in [3.05, 3.63) is 35.7 Å². The molecule has 0 atom stereocenters. The molecule has 9 heteroatoms. The lowest BCUT2D eigenvalue weighted by Gasteiger charge is -2.13. The Bertz CT molecular complexity index is 760. The molecule has 0 aliphatic carbocycles. The van der Waals surface area contributed by atoms with E-state index in [4.69, 9.17) is 15.2 Å². The number of nitrogens with zero attached hydrogens (tertiary/aromatic N) is 2. The number of nitrogen functional groups attached to an aromatic ring is 1. The van der Waals surface area contributed by atoms with E-state index in [1.807, 2.05) is 6.92 Å². The third kappa shape index (κ3) is 4.14. The van der Waals surface area contributed by atoms with Gasteiger partial charge in [-0.15, -0.1) is 0 Å². The third-order valence-electron chi connectivity index (χ3n) is 3.27. The van der Waals surface area contributed by atoms with Gasteiger partial charge in [-0.2, -0.15) is 0 Å². The van der Waals surface area contributed by atoms with Crippen LogP contribution in [0.3, 0.4) is 0 Å². The molecule has 0 radical (unpaired) electrons. The van der Waals surface area contributed by atoms with E-state index in [1.165, 1.54) is 38.7 Å². The summed E-state index contributed by atoms with van der Waals surface area (Å²) in [6.45, 7) is 2.56. The quantitative estimate of drug-likeness (QED) is 0.671. The van der Waals surface area contributed by atoms with E-state index in [1.54, 1.807) is 0 Å². The molecule has 2 rings (SSSR count). The average Bonchev–Trinajstić information content (AvgIpc) is 2.63. The molecule has 1 aromatic heterocycles. The molecule has 0 saturated carbocycles. The van der Waals surface area contributed by atoms with E-state index in [-0.39, 0.29) is 11.1 Å². The summed E-state index contributed by atoms with van der Waals surface area (Å²) in [6.07, 6.45) is 1.35. The van der Waals surface area contributed by atoms with Gasteiger partial charge in [0, 0.05) is 12.2 Å². The molecule has 0 fully saturated rings. The highest BCUT2D eigenvalue weighted by Crippen LogP contribution is 2.27. The van der Waals surface area contributed by atoms with Crippen LogP contribution in [0.15, 0.2) is 24.5 Å². The van der Waals surface area contributed by atoms with Crippen LogP contribution in [0.1, 0.15) is 27.6 Å². The van der Waals surface area contributed by atoms with Gasteiger partial charge < -0.3 is 25.8 Å². The molecule has 0 spiro atoms. The summed E-state index contributed by atoms with van der Waals surface area (Å²) in [4.78, 5) is 31.8. The second kappa shape index (κ2) is 7.95. The van der Waals surface area contributed by atoms with E-state index in [0.717, 1.165) is 0 Å². The van der Waals surface area contributed by atoms with Gasteiger partial charge in [-0.25, -0.2) is 19.6 Å². The van der Waals surface area contributed by atoms with Crippen LogP contribution in [0.5, 0.6) is 0 Å². The van der Waals surface area contributed by atoms with Crippen molar-refractivity contribution in [2.75, 3.05) is 37.1 Å². The van der Waals surface area contributed by atoms with Crippen LogP contribution in [0.2, 0.25) is 0 Å². The Balaban J connectivity index is 2.43. The van der Waals surface area contributed by atoms with Crippen molar-refractivity contribution in [1.82, 2.24) is 9.97 Å². The number of ether oxygens (including phenoxy) is 2. The lowest BCUT2D eigenvalue weighted by molar-refractivity contribution is 0.0599. The first-order valence-electron chi connectivity index (χ1n) is 7.43. The molecule has 0 unspecified atom stereocenters. The number of carbonyl (C=O) groups excluding carboxylic acids is 2. The molecule has 1 heterocycles. The maximum absolute atomic E-state index is 11.8. The number of esters is 2. The van der Waals surface area contributed by atoms with Crippen molar-refractivity contribution in [3.63, 3.8) is 0 Å². The Labute approximate surface area is 144 Å². The minimum atomic E-state index is -0.585. The van der Waals surface area contributed by atoms with E-state index in [9.17, 15) is 9.59 Å². The summed E-state index contributed by atoms with van der Waals surface area (Å²) in [5.74, 6) is -0.350. The van der Waals surface area contributed by atoms with Gasteiger partial charge in [-0.05, 0) is 25.1 Å². The summed E-state index contributed by atoms with van der Waals surface area (Å²) < 4.78 is 9.41. The van der Waals surface area contributed by atoms with Crippen molar-refractivity contribution in [2.24, 2.45) is 0 Å². The van der Waals surface area contributed by atoms with Crippen LogP contribution in [-0.4, -0.2) is 42.7 Å². The molecule has 0 aliphatic heterocycles. The Morgan fingerprint density at radius 2 is 1.60 bits per heavy atom. The van der Waals surface area contributed by atoms with Crippen molar-refractivity contribution in [3.8, 4) is 0 Å². The first-order chi connectivity index (χ1) is 12.0. The first kappa shape index (κ1) is 18.0. The van der Waals surface area contributed by atoms with Crippen molar-refractivity contribution >= 4 is 34.9 Å². The number of nitrogens with one attached hydrogen (secondary N) is 2. The maximum atomic E-state index is 11.8. The standard InChI is InChI=1S/C16H19N5O4/c1-4-18-13-12(17)14(20-8-19-13)21-11-6-9(15(22)24-2)5-10(7-11)16(23)25-3/h5-8H,4,17H2,1-3H3,(H2,18,19,20,21). The highest BCUT2D eigenvalue weighted by Gasteiger charge is 2.15. The number of nitrogens with two attached hydrogens (primary N) is 1. The van der Waals surface area contributed by atoms with E-state index >= 15 is 0 Å². The molecule has 0 saturated heterocycles. The van der Waals surface area contributed by atoms with Crippen LogP contribution in [0, 0.1) is 0 Å². The van der Waals surface area contributed by atoms with Gasteiger partial charge in [-0.1, -0.05) is 0 Å². The zero-order chi connectivity index (χ0) is 18.4. The number of anilines is 4. The number of rotatable bonds is 6.